The van der Waals surface area contributed by atoms with Gasteiger partial charge in [0.15, 0.2) is 0 Å². The third-order valence-electron chi connectivity index (χ3n) is 2.02. The maximum absolute atomic E-state index is 13.5. The zero-order chi connectivity index (χ0) is 11.4. The van der Waals surface area contributed by atoms with Gasteiger partial charge in [-0.1, -0.05) is 12.8 Å². The molecule has 1 amide bonds. The molecule has 0 heterocycles. The van der Waals surface area contributed by atoms with E-state index in [0.29, 0.717) is 12.1 Å². The van der Waals surface area contributed by atoms with E-state index in [1.54, 1.807) is 6.07 Å². The van der Waals surface area contributed by atoms with Gasteiger partial charge >= 0.3 is 0 Å². The van der Waals surface area contributed by atoms with E-state index in [2.05, 4.69) is 11.2 Å². The van der Waals surface area contributed by atoms with Crippen molar-refractivity contribution in [3.8, 4) is 12.3 Å². The highest BCUT2D eigenvalue weighted by Crippen LogP contribution is 2.19. The predicted octanol–water partition coefficient (Wildman–Crippen LogP) is 2.33. The van der Waals surface area contributed by atoms with Gasteiger partial charge in [0, 0.05) is 12.6 Å². The molecule has 78 valence electrons. The fourth-order valence-corrected chi connectivity index (χ4v) is 1.38. The Morgan fingerprint density at radius 2 is 2.27 bits per heavy atom. The Balaban J connectivity index is 3.21. The number of aryl methyl sites for hydroxylation is 1. The number of amides is 1. The van der Waals surface area contributed by atoms with Crippen LogP contribution in [0.4, 0.5) is 10.1 Å². The van der Waals surface area contributed by atoms with Crippen LogP contribution in [0, 0.1) is 18.2 Å². The maximum atomic E-state index is 13.5. The van der Waals surface area contributed by atoms with Crippen molar-refractivity contribution >= 4 is 11.6 Å². The predicted molar refractivity (Wildman–Crippen MR) is 58.0 cm³/mol. The van der Waals surface area contributed by atoms with Crippen molar-refractivity contribution in [2.75, 3.05) is 5.32 Å². The molecule has 0 bridgehead atoms. The molecule has 0 aliphatic heterocycles. The Labute approximate surface area is 88.5 Å². The van der Waals surface area contributed by atoms with Crippen LogP contribution in [0.2, 0.25) is 0 Å². The summed E-state index contributed by atoms with van der Waals surface area (Å²) in [6, 6.07) is 2.93. The standard InChI is InChI=1S/C12H12FNO/c1-4-9-6-10(14-8(3)15)7-12(13)11(9)5-2/h2,6-7H,4H2,1,3H3,(H,14,15). The van der Waals surface area contributed by atoms with E-state index in [9.17, 15) is 9.18 Å². The van der Waals surface area contributed by atoms with Crippen LogP contribution in [-0.2, 0) is 11.2 Å². The third-order valence-corrected chi connectivity index (χ3v) is 2.02. The van der Waals surface area contributed by atoms with Crippen LogP contribution in [0.5, 0.6) is 0 Å². The van der Waals surface area contributed by atoms with E-state index in [1.165, 1.54) is 13.0 Å². The van der Waals surface area contributed by atoms with Crippen LogP contribution in [0.25, 0.3) is 0 Å². The van der Waals surface area contributed by atoms with Crippen LogP contribution in [0.15, 0.2) is 12.1 Å². The minimum atomic E-state index is -0.472. The second-order valence-corrected chi connectivity index (χ2v) is 3.17. The Hall–Kier alpha value is -1.82. The Kier molecular flexibility index (Phi) is 3.46. The molecule has 3 heteroatoms. The number of carbonyl (C=O) groups is 1. The van der Waals surface area contributed by atoms with Gasteiger partial charge in [-0.25, -0.2) is 4.39 Å². The summed E-state index contributed by atoms with van der Waals surface area (Å²) in [5.74, 6) is 1.60. The lowest BCUT2D eigenvalue weighted by atomic mass is 10.0. The smallest absolute Gasteiger partial charge is 0.221 e. The molecule has 1 rings (SSSR count). The number of carbonyl (C=O) groups excluding carboxylic acids is 1. The second-order valence-electron chi connectivity index (χ2n) is 3.17. The monoisotopic (exact) mass is 205 g/mol. The number of anilines is 1. The average molecular weight is 205 g/mol. The highest BCUT2D eigenvalue weighted by molar-refractivity contribution is 5.88. The highest BCUT2D eigenvalue weighted by Gasteiger charge is 2.08. The number of terminal acetylenes is 1. The summed E-state index contributed by atoms with van der Waals surface area (Å²) in [6.07, 6.45) is 5.83. The van der Waals surface area contributed by atoms with E-state index >= 15 is 0 Å². The first-order valence-electron chi connectivity index (χ1n) is 4.65. The van der Waals surface area contributed by atoms with Gasteiger partial charge in [0.05, 0.1) is 5.56 Å². The van der Waals surface area contributed by atoms with Crippen molar-refractivity contribution in [3.05, 3.63) is 29.1 Å². The molecule has 0 radical (unpaired) electrons. The van der Waals surface area contributed by atoms with Crippen LogP contribution >= 0.6 is 0 Å². The number of hydrogen-bond donors (Lipinski definition) is 1. The SMILES string of the molecule is C#Cc1c(F)cc(NC(C)=O)cc1CC. The molecule has 0 fully saturated rings. The summed E-state index contributed by atoms with van der Waals surface area (Å²) >= 11 is 0. The van der Waals surface area contributed by atoms with Gasteiger partial charge < -0.3 is 5.32 Å². The molecule has 15 heavy (non-hydrogen) atoms. The molecule has 0 unspecified atom stereocenters. The summed E-state index contributed by atoms with van der Waals surface area (Å²) in [4.78, 5) is 10.8. The van der Waals surface area contributed by atoms with Gasteiger partial charge in [-0.05, 0) is 24.1 Å². The van der Waals surface area contributed by atoms with Crippen LogP contribution in [0.3, 0.4) is 0 Å². The fraction of sp³-hybridized carbons (Fsp3) is 0.250. The van der Waals surface area contributed by atoms with Crippen LogP contribution in [0.1, 0.15) is 25.0 Å². The lowest BCUT2D eigenvalue weighted by Crippen LogP contribution is -2.07. The first-order valence-corrected chi connectivity index (χ1v) is 4.65. The zero-order valence-electron chi connectivity index (χ0n) is 8.73. The number of rotatable bonds is 2. The summed E-state index contributed by atoms with van der Waals surface area (Å²) in [5.41, 5.74) is 1.43. The molecule has 0 aliphatic carbocycles. The molecule has 1 aromatic carbocycles. The first-order chi connectivity index (χ1) is 7.08. The number of hydrogen-bond acceptors (Lipinski definition) is 1. The molecular formula is C12H12FNO. The Morgan fingerprint density at radius 3 is 2.73 bits per heavy atom. The van der Waals surface area contributed by atoms with Gasteiger partial charge in [0.25, 0.3) is 0 Å². The van der Waals surface area contributed by atoms with E-state index in [-0.39, 0.29) is 11.5 Å². The van der Waals surface area contributed by atoms with E-state index < -0.39 is 5.82 Å². The Bertz CT molecular complexity index is 432. The van der Waals surface area contributed by atoms with Crippen LogP contribution in [-0.4, -0.2) is 5.91 Å². The fourth-order valence-electron chi connectivity index (χ4n) is 1.38. The van der Waals surface area contributed by atoms with Gasteiger partial charge in [0.2, 0.25) is 5.91 Å². The number of nitrogens with one attached hydrogen (secondary N) is 1. The first kappa shape index (κ1) is 11.3. The van der Waals surface area contributed by atoms with Gasteiger partial charge in [-0.2, -0.15) is 0 Å². The molecule has 0 aliphatic rings. The van der Waals surface area contributed by atoms with E-state index in [1.807, 2.05) is 6.92 Å². The Morgan fingerprint density at radius 1 is 1.60 bits per heavy atom. The normalized spacial score (nSPS) is 9.47. The molecule has 0 spiro atoms. The summed E-state index contributed by atoms with van der Waals surface area (Å²) in [6.45, 7) is 3.26. The minimum absolute atomic E-state index is 0.232. The maximum Gasteiger partial charge on any atom is 0.221 e. The molecule has 1 N–H and O–H groups in total. The van der Waals surface area contributed by atoms with Gasteiger partial charge in [-0.3, -0.25) is 4.79 Å². The topological polar surface area (TPSA) is 29.1 Å². The molecule has 2 nitrogen and oxygen atoms in total. The lowest BCUT2D eigenvalue weighted by molar-refractivity contribution is -0.114. The van der Waals surface area contributed by atoms with Gasteiger partial charge in [0.1, 0.15) is 5.82 Å². The lowest BCUT2D eigenvalue weighted by Gasteiger charge is -2.08. The zero-order valence-corrected chi connectivity index (χ0v) is 8.73. The quantitative estimate of drug-likeness (QED) is 0.737. The molecule has 0 aromatic heterocycles. The van der Waals surface area contributed by atoms with Crippen molar-refractivity contribution in [2.45, 2.75) is 20.3 Å². The molecule has 1 aromatic rings. The van der Waals surface area contributed by atoms with E-state index in [0.717, 1.165) is 5.56 Å². The molecule has 0 atom stereocenters. The van der Waals surface area contributed by atoms with Crippen molar-refractivity contribution in [3.63, 3.8) is 0 Å². The van der Waals surface area contributed by atoms with Crippen molar-refractivity contribution in [1.29, 1.82) is 0 Å². The molecule has 0 saturated heterocycles. The third kappa shape index (κ3) is 2.57. The number of benzene rings is 1. The minimum Gasteiger partial charge on any atom is -0.326 e. The van der Waals surface area contributed by atoms with Crippen molar-refractivity contribution in [2.24, 2.45) is 0 Å². The summed E-state index contributed by atoms with van der Waals surface area (Å²) < 4.78 is 13.5. The highest BCUT2D eigenvalue weighted by atomic mass is 19.1. The average Bonchev–Trinajstić information content (AvgIpc) is 2.15. The van der Waals surface area contributed by atoms with Crippen molar-refractivity contribution in [1.82, 2.24) is 0 Å². The number of halogens is 1. The second kappa shape index (κ2) is 4.61. The van der Waals surface area contributed by atoms with E-state index in [4.69, 9.17) is 6.42 Å². The molecule has 0 saturated carbocycles. The largest absolute Gasteiger partial charge is 0.326 e. The summed E-state index contributed by atoms with van der Waals surface area (Å²) in [5, 5.41) is 2.52. The molecular weight excluding hydrogens is 193 g/mol. The summed E-state index contributed by atoms with van der Waals surface area (Å²) in [7, 11) is 0. The van der Waals surface area contributed by atoms with Crippen LogP contribution < -0.4 is 5.32 Å². The van der Waals surface area contributed by atoms with Gasteiger partial charge in [-0.15, -0.1) is 6.42 Å². The van der Waals surface area contributed by atoms with Crippen molar-refractivity contribution < 1.29 is 9.18 Å².